The Kier molecular flexibility index (Phi) is 5.33. The lowest BCUT2D eigenvalue weighted by Crippen LogP contribution is -2.34. The molecule has 0 bridgehead atoms. The number of anilines is 1. The molecule has 0 atom stereocenters. The van der Waals surface area contributed by atoms with Gasteiger partial charge in [-0.15, -0.1) is 0 Å². The third-order valence-corrected chi connectivity index (χ3v) is 4.49. The van der Waals surface area contributed by atoms with Crippen molar-refractivity contribution in [1.29, 1.82) is 0 Å². The van der Waals surface area contributed by atoms with Crippen molar-refractivity contribution in [1.82, 2.24) is 10.0 Å². The topological polar surface area (TPSA) is 101 Å². The fourth-order valence-electron chi connectivity index (χ4n) is 1.46. The van der Waals surface area contributed by atoms with Crippen LogP contribution in [0.15, 0.2) is 21.5 Å². The summed E-state index contributed by atoms with van der Waals surface area (Å²) >= 11 is 3.21. The maximum absolute atomic E-state index is 12.1. The number of halogens is 1. The predicted octanol–water partition coefficient (Wildman–Crippen LogP) is 0.754. The van der Waals surface area contributed by atoms with E-state index >= 15 is 0 Å². The molecule has 1 amide bonds. The number of nitrogen functional groups attached to an aromatic ring is 1. The van der Waals surface area contributed by atoms with Crippen molar-refractivity contribution in [3.63, 3.8) is 0 Å². The molecular weight excluding hydrogens is 334 g/mol. The highest BCUT2D eigenvalue weighted by molar-refractivity contribution is 9.10. The summed E-state index contributed by atoms with van der Waals surface area (Å²) in [5, 5.41) is 2.51. The molecule has 0 spiro atoms. The van der Waals surface area contributed by atoms with E-state index in [-0.39, 0.29) is 23.9 Å². The third kappa shape index (κ3) is 4.48. The molecule has 106 valence electrons. The Labute approximate surface area is 120 Å². The van der Waals surface area contributed by atoms with Crippen LogP contribution in [0, 0.1) is 6.92 Å². The third-order valence-electron chi connectivity index (χ3n) is 2.45. The summed E-state index contributed by atoms with van der Waals surface area (Å²) < 4.78 is 27.2. The molecule has 1 aromatic rings. The van der Waals surface area contributed by atoms with E-state index in [4.69, 9.17) is 5.73 Å². The molecule has 0 aliphatic heterocycles. The second-order valence-electron chi connectivity index (χ2n) is 4.00. The average Bonchev–Trinajstić information content (AvgIpc) is 2.29. The van der Waals surface area contributed by atoms with E-state index in [1.165, 1.54) is 13.0 Å². The summed E-state index contributed by atoms with van der Waals surface area (Å²) in [4.78, 5) is 10.8. The van der Waals surface area contributed by atoms with Crippen molar-refractivity contribution < 1.29 is 13.2 Å². The van der Waals surface area contributed by atoms with Crippen LogP contribution in [-0.4, -0.2) is 27.4 Å². The zero-order valence-electron chi connectivity index (χ0n) is 10.7. The molecule has 4 N–H and O–H groups in total. The SMILES string of the molecule is CC(=O)NCCNS(=O)(=O)c1cc(Br)cc(N)c1C. The minimum atomic E-state index is -3.65. The quantitative estimate of drug-likeness (QED) is 0.539. The van der Waals surface area contributed by atoms with E-state index in [0.717, 1.165) is 0 Å². The molecule has 8 heteroatoms. The standard InChI is InChI=1S/C11H16BrN3O3S/c1-7-10(13)5-9(12)6-11(7)19(17,18)15-4-3-14-8(2)16/h5-6,15H,3-4,13H2,1-2H3,(H,14,16). The highest BCUT2D eigenvalue weighted by Gasteiger charge is 2.18. The van der Waals surface area contributed by atoms with E-state index in [1.54, 1.807) is 13.0 Å². The van der Waals surface area contributed by atoms with Crippen molar-refractivity contribution in [3.8, 4) is 0 Å². The summed E-state index contributed by atoms with van der Waals surface area (Å²) in [5.41, 5.74) is 6.63. The van der Waals surface area contributed by atoms with Gasteiger partial charge in [0, 0.05) is 30.2 Å². The van der Waals surface area contributed by atoms with E-state index in [0.29, 0.717) is 15.7 Å². The molecule has 1 aromatic carbocycles. The van der Waals surface area contributed by atoms with Crippen molar-refractivity contribution in [2.45, 2.75) is 18.7 Å². The number of carbonyl (C=O) groups excluding carboxylic acids is 1. The average molecular weight is 350 g/mol. The Balaban J connectivity index is 2.86. The fraction of sp³-hybridized carbons (Fsp3) is 0.364. The highest BCUT2D eigenvalue weighted by atomic mass is 79.9. The Morgan fingerprint density at radius 3 is 2.58 bits per heavy atom. The van der Waals surface area contributed by atoms with E-state index in [9.17, 15) is 13.2 Å². The van der Waals surface area contributed by atoms with Crippen LogP contribution in [0.1, 0.15) is 12.5 Å². The predicted molar refractivity (Wildman–Crippen MR) is 77.2 cm³/mol. The summed E-state index contributed by atoms with van der Waals surface area (Å²) in [5.74, 6) is -0.206. The number of amides is 1. The van der Waals surface area contributed by atoms with Gasteiger partial charge in [0.1, 0.15) is 0 Å². The second kappa shape index (κ2) is 6.36. The summed E-state index contributed by atoms with van der Waals surface area (Å²) in [6.07, 6.45) is 0. The van der Waals surface area contributed by atoms with Crippen LogP contribution in [0.2, 0.25) is 0 Å². The molecule has 19 heavy (non-hydrogen) atoms. The Morgan fingerprint density at radius 2 is 2.00 bits per heavy atom. The van der Waals surface area contributed by atoms with Crippen molar-refractivity contribution in [2.75, 3.05) is 18.8 Å². The van der Waals surface area contributed by atoms with Gasteiger partial charge in [-0.3, -0.25) is 4.79 Å². The highest BCUT2D eigenvalue weighted by Crippen LogP contribution is 2.25. The first kappa shape index (κ1) is 15.9. The number of rotatable bonds is 5. The van der Waals surface area contributed by atoms with Gasteiger partial charge < -0.3 is 11.1 Å². The van der Waals surface area contributed by atoms with Gasteiger partial charge in [-0.05, 0) is 24.6 Å². The van der Waals surface area contributed by atoms with Crippen LogP contribution in [-0.2, 0) is 14.8 Å². The molecule has 1 rings (SSSR count). The number of nitrogens with one attached hydrogen (secondary N) is 2. The van der Waals surface area contributed by atoms with Crippen molar-refractivity contribution in [2.24, 2.45) is 0 Å². The van der Waals surface area contributed by atoms with Gasteiger partial charge in [-0.25, -0.2) is 13.1 Å². The van der Waals surface area contributed by atoms with Gasteiger partial charge in [-0.2, -0.15) is 0 Å². The zero-order chi connectivity index (χ0) is 14.6. The molecule has 6 nitrogen and oxygen atoms in total. The molecule has 0 heterocycles. The van der Waals surface area contributed by atoms with Crippen LogP contribution >= 0.6 is 15.9 Å². The monoisotopic (exact) mass is 349 g/mol. The number of hydrogen-bond acceptors (Lipinski definition) is 4. The first-order valence-corrected chi connectivity index (χ1v) is 7.81. The molecule has 0 aliphatic rings. The van der Waals surface area contributed by atoms with Crippen LogP contribution < -0.4 is 15.8 Å². The Bertz CT molecular complexity index is 587. The maximum Gasteiger partial charge on any atom is 0.241 e. The molecule has 0 saturated heterocycles. The van der Waals surface area contributed by atoms with Crippen molar-refractivity contribution >= 4 is 37.5 Å². The molecule has 0 aromatic heterocycles. The molecule has 0 aliphatic carbocycles. The molecule has 0 fully saturated rings. The first-order valence-electron chi connectivity index (χ1n) is 5.54. The first-order chi connectivity index (χ1) is 8.74. The van der Waals surface area contributed by atoms with Gasteiger partial charge in [0.2, 0.25) is 15.9 Å². The summed E-state index contributed by atoms with van der Waals surface area (Å²) in [6.45, 7) is 3.36. The zero-order valence-corrected chi connectivity index (χ0v) is 13.1. The van der Waals surface area contributed by atoms with Crippen LogP contribution in [0.5, 0.6) is 0 Å². The van der Waals surface area contributed by atoms with Gasteiger partial charge in [0.05, 0.1) is 4.90 Å². The maximum atomic E-state index is 12.1. The number of nitrogens with two attached hydrogens (primary N) is 1. The largest absolute Gasteiger partial charge is 0.398 e. The second-order valence-corrected chi connectivity index (χ2v) is 6.65. The lowest BCUT2D eigenvalue weighted by molar-refractivity contribution is -0.118. The summed E-state index contributed by atoms with van der Waals surface area (Å²) in [7, 11) is -3.65. The lowest BCUT2D eigenvalue weighted by Gasteiger charge is -2.11. The van der Waals surface area contributed by atoms with Crippen LogP contribution in [0.3, 0.4) is 0 Å². The fourth-order valence-corrected chi connectivity index (χ4v) is 3.41. The van der Waals surface area contributed by atoms with Crippen LogP contribution in [0.25, 0.3) is 0 Å². The van der Waals surface area contributed by atoms with Crippen LogP contribution in [0.4, 0.5) is 5.69 Å². The smallest absolute Gasteiger partial charge is 0.241 e. The lowest BCUT2D eigenvalue weighted by atomic mass is 10.2. The Morgan fingerprint density at radius 1 is 1.37 bits per heavy atom. The van der Waals surface area contributed by atoms with Gasteiger partial charge in [0.15, 0.2) is 0 Å². The normalized spacial score (nSPS) is 11.3. The van der Waals surface area contributed by atoms with Gasteiger partial charge in [-0.1, -0.05) is 15.9 Å². The number of sulfonamides is 1. The van der Waals surface area contributed by atoms with Gasteiger partial charge >= 0.3 is 0 Å². The molecule has 0 unspecified atom stereocenters. The van der Waals surface area contributed by atoms with Crippen molar-refractivity contribution in [3.05, 3.63) is 22.2 Å². The minimum Gasteiger partial charge on any atom is -0.398 e. The number of benzene rings is 1. The molecular formula is C11H16BrN3O3S. The molecule has 0 saturated carbocycles. The minimum absolute atomic E-state index is 0.119. The van der Waals surface area contributed by atoms with E-state index < -0.39 is 10.0 Å². The van der Waals surface area contributed by atoms with E-state index in [2.05, 4.69) is 26.0 Å². The van der Waals surface area contributed by atoms with E-state index in [1.807, 2.05) is 0 Å². The number of hydrogen-bond donors (Lipinski definition) is 3. The Hall–Kier alpha value is -1.12. The number of carbonyl (C=O) groups is 1. The summed E-state index contributed by atoms with van der Waals surface area (Å²) in [6, 6.07) is 3.14. The van der Waals surface area contributed by atoms with Gasteiger partial charge in [0.25, 0.3) is 0 Å². The molecule has 0 radical (unpaired) electrons.